The number of hydrogen-bond donors (Lipinski definition) is 3. The molecule has 20 heteroatoms. The topological polar surface area (TPSA) is 244 Å². The highest BCUT2D eigenvalue weighted by Gasteiger charge is 2.39. The van der Waals surface area contributed by atoms with Crippen molar-refractivity contribution in [3.63, 3.8) is 0 Å². The first-order valence-electron chi connectivity index (χ1n) is 19.9. The minimum absolute atomic E-state index is 0.0703. The molecule has 350 valence electrons. The number of aryl methyl sites for hydroxylation is 1. The smallest absolute Gasteiger partial charge is 0.425 e. The van der Waals surface area contributed by atoms with Gasteiger partial charge in [-0.1, -0.05) is 6.07 Å². The predicted molar refractivity (Wildman–Crippen MR) is 232 cm³/mol. The fourth-order valence-corrected chi connectivity index (χ4v) is 6.03. The van der Waals surface area contributed by atoms with Gasteiger partial charge in [0.1, 0.15) is 39.8 Å². The number of amides is 3. The van der Waals surface area contributed by atoms with Gasteiger partial charge in [0.15, 0.2) is 0 Å². The molecule has 0 radical (unpaired) electrons. The van der Waals surface area contributed by atoms with E-state index >= 15 is 0 Å². The Labute approximate surface area is 370 Å². The van der Waals surface area contributed by atoms with Gasteiger partial charge in [-0.3, -0.25) is 20.2 Å². The molecular formula is C43H63N5O14S. The average molecular weight is 906 g/mol. The van der Waals surface area contributed by atoms with Crippen molar-refractivity contribution in [1.29, 1.82) is 0 Å². The third kappa shape index (κ3) is 20.8. The molecule has 0 spiro atoms. The van der Waals surface area contributed by atoms with Gasteiger partial charge in [0.25, 0.3) is 0 Å². The number of alkyl carbamates (subject to hydrolysis) is 2. The summed E-state index contributed by atoms with van der Waals surface area (Å²) < 4.78 is 62.7. The molecule has 2 aromatic rings. The number of nitrogens with one attached hydrogen (secondary N) is 3. The van der Waals surface area contributed by atoms with Gasteiger partial charge >= 0.3 is 46.4 Å². The lowest BCUT2D eigenvalue weighted by atomic mass is 10.1. The molecule has 3 amide bonds. The number of carbonyl (C=O) groups is 6. The van der Waals surface area contributed by atoms with Gasteiger partial charge < -0.3 is 28.4 Å². The molecule has 0 saturated carbocycles. The van der Waals surface area contributed by atoms with Crippen molar-refractivity contribution in [1.82, 2.24) is 19.7 Å². The monoisotopic (exact) mass is 905 g/mol. The summed E-state index contributed by atoms with van der Waals surface area (Å²) in [5.74, 6) is -3.00. The molecule has 2 rings (SSSR count). The maximum Gasteiger partial charge on any atom is 0.425 e. The molecule has 0 unspecified atom stereocenters. The number of guanidine groups is 1. The van der Waals surface area contributed by atoms with E-state index in [4.69, 9.17) is 28.4 Å². The Morgan fingerprint density at radius 3 is 1.57 bits per heavy atom. The lowest BCUT2D eigenvalue weighted by Crippen LogP contribution is -2.53. The molecule has 2 aromatic carbocycles. The van der Waals surface area contributed by atoms with Crippen molar-refractivity contribution in [2.75, 3.05) is 0 Å². The first-order valence-corrected chi connectivity index (χ1v) is 21.3. The van der Waals surface area contributed by atoms with Crippen LogP contribution in [-0.4, -0.2) is 88.9 Å². The van der Waals surface area contributed by atoms with Gasteiger partial charge in [-0.15, -0.1) is 0 Å². The highest BCUT2D eigenvalue weighted by Crippen LogP contribution is 2.24. The van der Waals surface area contributed by atoms with Crippen LogP contribution in [0.25, 0.3) is 0 Å². The Balaban J connectivity index is 2.39. The van der Waals surface area contributed by atoms with Crippen LogP contribution in [0.15, 0.2) is 47.5 Å². The van der Waals surface area contributed by atoms with Gasteiger partial charge in [-0.25, -0.2) is 24.2 Å². The molecule has 1 atom stereocenters. The normalized spacial score (nSPS) is 12.8. The SMILES string of the molecule is Cc1cc(OC(=O)c2ccc(N=C(NC(=O)OC(C)(C)C)NC(=O)OC(C)(C)C)cc2)ccc1CN(C(=O)OC(C)(C)C)S(=O)(=O)N[C@@H](CC(=O)OC(C)(C)C)C(=O)OC(C)(C)C. The number of ether oxygens (including phenoxy) is 6. The van der Waals surface area contributed by atoms with Gasteiger partial charge in [-0.05, 0) is 158 Å². The standard InChI is InChI=1S/C43H63N5O14S/c1-26-23-30(57-33(50)27-17-20-29(21-18-27)44-35(45-36(52)60-41(8,9)10)46-37(53)61-42(11,12)13)22-19-28(26)25-48(38(54)62-43(14,15)16)63(55,56)47-31(34(51)59-40(5,6)7)24-32(49)58-39(2,3)4/h17-23,31,47H,24-25H2,1-16H3,(H2,44,45,46,52,53)/t31-/m0/s1. The van der Waals surface area contributed by atoms with Crippen LogP contribution < -0.4 is 20.1 Å². The Kier molecular flexibility index (Phi) is 17.5. The largest absolute Gasteiger partial charge is 0.460 e. The zero-order chi connectivity index (χ0) is 48.5. The van der Waals surface area contributed by atoms with Crippen molar-refractivity contribution >= 4 is 58.0 Å². The molecule has 63 heavy (non-hydrogen) atoms. The van der Waals surface area contributed by atoms with Crippen molar-refractivity contribution < 1.29 is 65.6 Å². The van der Waals surface area contributed by atoms with Crippen molar-refractivity contribution in [3.8, 4) is 5.75 Å². The molecule has 0 aromatic heterocycles. The van der Waals surface area contributed by atoms with Gasteiger partial charge in [0, 0.05) is 0 Å². The number of hydrogen-bond acceptors (Lipinski definition) is 15. The number of carbonyl (C=O) groups excluding carboxylic acids is 6. The van der Waals surface area contributed by atoms with Crippen LogP contribution in [0.3, 0.4) is 0 Å². The van der Waals surface area contributed by atoms with E-state index < -0.39 is 93.4 Å². The molecule has 0 aliphatic carbocycles. The molecule has 0 aliphatic heterocycles. The molecule has 0 bridgehead atoms. The summed E-state index contributed by atoms with van der Waals surface area (Å²) in [6, 6.07) is 8.12. The van der Waals surface area contributed by atoms with E-state index in [0.29, 0.717) is 9.87 Å². The van der Waals surface area contributed by atoms with Crippen LogP contribution in [0.5, 0.6) is 5.75 Å². The third-order valence-corrected chi connectivity index (χ3v) is 8.52. The second-order valence-electron chi connectivity index (χ2n) is 19.2. The van der Waals surface area contributed by atoms with Crippen molar-refractivity contribution in [2.45, 2.75) is 158 Å². The van der Waals surface area contributed by atoms with Gasteiger partial charge in [0.05, 0.1) is 24.2 Å². The number of esters is 3. The second kappa shape index (κ2) is 20.6. The minimum atomic E-state index is -4.95. The summed E-state index contributed by atoms with van der Waals surface area (Å²) in [6.07, 6.45) is -3.82. The molecule has 3 N–H and O–H groups in total. The van der Waals surface area contributed by atoms with Crippen LogP contribution in [-0.2, 0) is 50.0 Å². The lowest BCUT2D eigenvalue weighted by Gasteiger charge is -2.30. The van der Waals surface area contributed by atoms with Gasteiger partial charge in [-0.2, -0.15) is 17.4 Å². The molecule has 0 aliphatic rings. The lowest BCUT2D eigenvalue weighted by molar-refractivity contribution is -0.164. The molecule has 0 heterocycles. The number of aliphatic imine (C=N–C) groups is 1. The summed E-state index contributed by atoms with van der Waals surface area (Å²) in [6.45, 7) is 25.1. The van der Waals surface area contributed by atoms with Crippen LogP contribution in [0, 0.1) is 6.92 Å². The number of nitrogens with zero attached hydrogens (tertiary/aromatic N) is 2. The van der Waals surface area contributed by atoms with Gasteiger partial charge in [0.2, 0.25) is 5.96 Å². The highest BCUT2D eigenvalue weighted by atomic mass is 32.2. The Morgan fingerprint density at radius 2 is 1.13 bits per heavy atom. The Hall–Kier alpha value is -5.76. The summed E-state index contributed by atoms with van der Waals surface area (Å²) in [7, 11) is -4.95. The Morgan fingerprint density at radius 1 is 0.651 bits per heavy atom. The summed E-state index contributed by atoms with van der Waals surface area (Å²) >= 11 is 0. The van der Waals surface area contributed by atoms with E-state index in [1.807, 2.05) is 0 Å². The molecule has 0 fully saturated rings. The van der Waals surface area contributed by atoms with E-state index in [1.54, 1.807) is 90.0 Å². The maximum atomic E-state index is 14.0. The van der Waals surface area contributed by atoms with E-state index in [9.17, 15) is 37.2 Å². The van der Waals surface area contributed by atoms with E-state index in [-0.39, 0.29) is 28.5 Å². The molecule has 19 nitrogen and oxygen atoms in total. The second-order valence-corrected chi connectivity index (χ2v) is 20.9. The number of benzene rings is 2. The van der Waals surface area contributed by atoms with Crippen molar-refractivity contribution in [3.05, 3.63) is 59.2 Å². The summed E-state index contributed by atoms with van der Waals surface area (Å²) in [4.78, 5) is 81.9. The Bertz CT molecular complexity index is 2100. The quantitative estimate of drug-likeness (QED) is 0.0661. The summed E-state index contributed by atoms with van der Waals surface area (Å²) in [5, 5.41) is 4.74. The average Bonchev–Trinajstić information content (AvgIpc) is 3.03. The zero-order valence-corrected chi connectivity index (χ0v) is 39.9. The van der Waals surface area contributed by atoms with E-state index in [0.717, 1.165) is 0 Å². The number of rotatable bonds is 11. The first kappa shape index (κ1) is 53.4. The summed E-state index contributed by atoms with van der Waals surface area (Å²) in [5.41, 5.74) is -3.85. The predicted octanol–water partition coefficient (Wildman–Crippen LogP) is 7.26. The van der Waals surface area contributed by atoms with Crippen LogP contribution in [0.1, 0.15) is 132 Å². The van der Waals surface area contributed by atoms with Crippen molar-refractivity contribution in [2.24, 2.45) is 4.99 Å². The molecule has 0 saturated heterocycles. The third-order valence-electron chi connectivity index (χ3n) is 7.08. The fourth-order valence-electron chi connectivity index (χ4n) is 4.82. The molecular weight excluding hydrogens is 843 g/mol. The zero-order valence-electron chi connectivity index (χ0n) is 39.1. The first-order chi connectivity index (χ1) is 28.4. The van der Waals surface area contributed by atoms with Crippen LogP contribution >= 0.6 is 0 Å². The minimum Gasteiger partial charge on any atom is -0.460 e. The van der Waals surface area contributed by atoms with E-state index in [1.165, 1.54) is 63.2 Å². The highest BCUT2D eigenvalue weighted by molar-refractivity contribution is 7.87. The fraction of sp³-hybridized carbons (Fsp3) is 0.558. The van der Waals surface area contributed by atoms with E-state index in [2.05, 4.69) is 20.3 Å². The van der Waals surface area contributed by atoms with Crippen LogP contribution in [0.2, 0.25) is 0 Å². The van der Waals surface area contributed by atoms with Crippen LogP contribution in [0.4, 0.5) is 20.1 Å². The maximum absolute atomic E-state index is 14.0.